The minimum absolute atomic E-state index is 0.00237. The summed E-state index contributed by atoms with van der Waals surface area (Å²) in [7, 11) is -3.67. The molecule has 0 radical (unpaired) electrons. The smallest absolute Gasteiger partial charge is 0.238 e. The predicted molar refractivity (Wildman–Crippen MR) is 79.8 cm³/mol. The first-order chi connectivity index (χ1) is 9.86. The summed E-state index contributed by atoms with van der Waals surface area (Å²) in [6, 6.07) is 6.20. The van der Waals surface area contributed by atoms with Gasteiger partial charge >= 0.3 is 0 Å². The molecular formula is C14H21N3O3S. The normalized spacial score (nSPS) is 22.8. The number of nitrogens with one attached hydrogen (secondary N) is 2. The van der Waals surface area contributed by atoms with Gasteiger partial charge in [0.15, 0.2) is 0 Å². The van der Waals surface area contributed by atoms with Crippen LogP contribution >= 0.6 is 0 Å². The van der Waals surface area contributed by atoms with Gasteiger partial charge in [0.1, 0.15) is 0 Å². The molecule has 21 heavy (non-hydrogen) atoms. The van der Waals surface area contributed by atoms with Crippen LogP contribution in [-0.4, -0.2) is 27.4 Å². The Balaban J connectivity index is 1.89. The molecule has 2 rings (SSSR count). The topological polar surface area (TPSA) is 101 Å². The fourth-order valence-corrected chi connectivity index (χ4v) is 3.00. The average Bonchev–Trinajstić information content (AvgIpc) is 2.44. The second-order valence-corrected chi connectivity index (χ2v) is 7.16. The van der Waals surface area contributed by atoms with Crippen LogP contribution in [-0.2, 0) is 21.4 Å². The third-order valence-electron chi connectivity index (χ3n) is 3.66. The first kappa shape index (κ1) is 15.9. The van der Waals surface area contributed by atoms with Crippen molar-refractivity contribution >= 4 is 15.9 Å². The molecule has 1 amide bonds. The van der Waals surface area contributed by atoms with Crippen molar-refractivity contribution in [3.63, 3.8) is 0 Å². The highest BCUT2D eigenvalue weighted by Crippen LogP contribution is 2.16. The quantitative estimate of drug-likeness (QED) is 0.739. The van der Waals surface area contributed by atoms with Gasteiger partial charge in [-0.1, -0.05) is 19.1 Å². The van der Waals surface area contributed by atoms with E-state index in [1.165, 1.54) is 12.1 Å². The van der Waals surface area contributed by atoms with Crippen LogP contribution in [0.5, 0.6) is 0 Å². The van der Waals surface area contributed by atoms with Crippen molar-refractivity contribution in [3.8, 4) is 0 Å². The summed E-state index contributed by atoms with van der Waals surface area (Å²) in [6.45, 7) is 4.17. The Kier molecular flexibility index (Phi) is 4.97. The Morgan fingerprint density at radius 1 is 1.33 bits per heavy atom. The Morgan fingerprint density at radius 3 is 2.57 bits per heavy atom. The van der Waals surface area contributed by atoms with E-state index in [9.17, 15) is 13.2 Å². The van der Waals surface area contributed by atoms with Gasteiger partial charge in [-0.15, -0.1) is 0 Å². The maximum absolute atomic E-state index is 12.1. The number of primary sulfonamides is 1. The SMILES string of the molecule is CC1CNCC(C(=O)NCc2ccc(S(N)(=O)=O)cc2)C1. The zero-order valence-corrected chi connectivity index (χ0v) is 12.8. The van der Waals surface area contributed by atoms with Gasteiger partial charge < -0.3 is 10.6 Å². The highest BCUT2D eigenvalue weighted by atomic mass is 32.2. The van der Waals surface area contributed by atoms with Gasteiger partial charge in [0.25, 0.3) is 0 Å². The first-order valence-electron chi connectivity index (χ1n) is 6.96. The van der Waals surface area contributed by atoms with Gasteiger partial charge in [-0.05, 0) is 36.6 Å². The molecule has 4 N–H and O–H groups in total. The molecule has 1 aliphatic heterocycles. The number of hydrogen-bond acceptors (Lipinski definition) is 4. The average molecular weight is 311 g/mol. The first-order valence-corrected chi connectivity index (χ1v) is 8.51. The molecule has 1 aromatic carbocycles. The van der Waals surface area contributed by atoms with Crippen molar-refractivity contribution in [2.75, 3.05) is 13.1 Å². The van der Waals surface area contributed by atoms with Gasteiger partial charge in [-0.25, -0.2) is 13.6 Å². The Bertz CT molecular complexity index is 598. The zero-order chi connectivity index (χ0) is 15.5. The van der Waals surface area contributed by atoms with Gasteiger partial charge in [0, 0.05) is 13.1 Å². The van der Waals surface area contributed by atoms with E-state index in [4.69, 9.17) is 5.14 Å². The van der Waals surface area contributed by atoms with Crippen LogP contribution in [0.4, 0.5) is 0 Å². The molecule has 1 aliphatic rings. The number of amides is 1. The monoisotopic (exact) mass is 311 g/mol. The van der Waals surface area contributed by atoms with Crippen LogP contribution in [0, 0.1) is 11.8 Å². The molecule has 1 saturated heterocycles. The van der Waals surface area contributed by atoms with E-state index in [2.05, 4.69) is 17.6 Å². The molecule has 2 unspecified atom stereocenters. The molecule has 0 saturated carbocycles. The number of nitrogens with two attached hydrogens (primary N) is 1. The summed E-state index contributed by atoms with van der Waals surface area (Å²) in [5.41, 5.74) is 0.840. The predicted octanol–water partition coefficient (Wildman–Crippen LogP) is 0.196. The molecule has 0 spiro atoms. The van der Waals surface area contributed by atoms with Gasteiger partial charge in [0.2, 0.25) is 15.9 Å². The lowest BCUT2D eigenvalue weighted by Crippen LogP contribution is -2.43. The summed E-state index contributed by atoms with van der Waals surface area (Å²) < 4.78 is 22.3. The fourth-order valence-electron chi connectivity index (χ4n) is 2.49. The number of piperidine rings is 1. The van der Waals surface area contributed by atoms with E-state index in [-0.39, 0.29) is 16.7 Å². The lowest BCUT2D eigenvalue weighted by atomic mass is 9.91. The van der Waals surface area contributed by atoms with E-state index in [0.29, 0.717) is 19.0 Å². The summed E-state index contributed by atoms with van der Waals surface area (Å²) in [6.07, 6.45) is 0.892. The standard InChI is InChI=1S/C14H21N3O3S/c1-10-6-12(9-16-7-10)14(18)17-8-11-2-4-13(5-3-11)21(15,19)20/h2-5,10,12,16H,6-9H2,1H3,(H,17,18)(H2,15,19,20). The molecule has 7 heteroatoms. The summed E-state index contributed by atoms with van der Waals surface area (Å²) in [5.74, 6) is 0.533. The van der Waals surface area contributed by atoms with E-state index in [1.807, 2.05) is 0 Å². The van der Waals surface area contributed by atoms with Crippen LogP contribution in [0.3, 0.4) is 0 Å². The Morgan fingerprint density at radius 2 is 2.00 bits per heavy atom. The molecule has 0 aromatic heterocycles. The highest BCUT2D eigenvalue weighted by molar-refractivity contribution is 7.89. The van der Waals surface area contributed by atoms with E-state index in [1.54, 1.807) is 12.1 Å². The van der Waals surface area contributed by atoms with Crippen molar-refractivity contribution in [2.45, 2.75) is 24.8 Å². The Labute approximate surface area is 125 Å². The number of sulfonamides is 1. The number of benzene rings is 1. The van der Waals surface area contributed by atoms with Crippen molar-refractivity contribution in [1.82, 2.24) is 10.6 Å². The molecule has 6 nitrogen and oxygen atoms in total. The molecule has 2 atom stereocenters. The zero-order valence-electron chi connectivity index (χ0n) is 12.0. The van der Waals surface area contributed by atoms with Crippen LogP contribution in [0.1, 0.15) is 18.9 Å². The molecule has 1 fully saturated rings. The van der Waals surface area contributed by atoms with Crippen molar-refractivity contribution in [3.05, 3.63) is 29.8 Å². The molecule has 116 valence electrons. The van der Waals surface area contributed by atoms with Crippen LogP contribution < -0.4 is 15.8 Å². The third kappa shape index (κ3) is 4.52. The second kappa shape index (κ2) is 6.55. The fraction of sp³-hybridized carbons (Fsp3) is 0.500. The number of rotatable bonds is 4. The number of carbonyl (C=O) groups excluding carboxylic acids is 1. The summed E-state index contributed by atoms with van der Waals surface area (Å²) in [4.78, 5) is 12.1. The van der Waals surface area contributed by atoms with Crippen LogP contribution in [0.25, 0.3) is 0 Å². The van der Waals surface area contributed by atoms with E-state index < -0.39 is 10.0 Å². The largest absolute Gasteiger partial charge is 0.352 e. The number of hydrogen-bond donors (Lipinski definition) is 3. The lowest BCUT2D eigenvalue weighted by molar-refractivity contribution is -0.126. The molecule has 1 aromatic rings. The third-order valence-corrected chi connectivity index (χ3v) is 4.59. The maximum Gasteiger partial charge on any atom is 0.238 e. The van der Waals surface area contributed by atoms with Crippen molar-refractivity contribution in [1.29, 1.82) is 0 Å². The second-order valence-electron chi connectivity index (χ2n) is 5.60. The van der Waals surface area contributed by atoms with Gasteiger partial charge in [0.05, 0.1) is 10.8 Å². The van der Waals surface area contributed by atoms with Crippen LogP contribution in [0.2, 0.25) is 0 Å². The number of carbonyl (C=O) groups is 1. The van der Waals surface area contributed by atoms with Crippen molar-refractivity contribution < 1.29 is 13.2 Å². The van der Waals surface area contributed by atoms with E-state index in [0.717, 1.165) is 18.5 Å². The highest BCUT2D eigenvalue weighted by Gasteiger charge is 2.24. The minimum atomic E-state index is -3.67. The summed E-state index contributed by atoms with van der Waals surface area (Å²) in [5, 5.41) is 11.2. The molecule has 1 heterocycles. The summed E-state index contributed by atoms with van der Waals surface area (Å²) >= 11 is 0. The van der Waals surface area contributed by atoms with Crippen molar-refractivity contribution in [2.24, 2.45) is 17.0 Å². The maximum atomic E-state index is 12.1. The van der Waals surface area contributed by atoms with Gasteiger partial charge in [-0.3, -0.25) is 4.79 Å². The Hall–Kier alpha value is -1.44. The lowest BCUT2D eigenvalue weighted by Gasteiger charge is -2.26. The molecular weight excluding hydrogens is 290 g/mol. The minimum Gasteiger partial charge on any atom is -0.352 e. The molecule has 0 aliphatic carbocycles. The molecule has 0 bridgehead atoms. The van der Waals surface area contributed by atoms with Crippen LogP contribution in [0.15, 0.2) is 29.2 Å². The van der Waals surface area contributed by atoms with E-state index >= 15 is 0 Å². The van der Waals surface area contributed by atoms with Gasteiger partial charge in [-0.2, -0.15) is 0 Å².